The number of rotatable bonds is 13. The fraction of sp³-hybridized carbons (Fsp3) is 1.00. The lowest BCUT2D eigenvalue weighted by molar-refractivity contribution is 0.203. The van der Waals surface area contributed by atoms with Crippen LogP contribution in [-0.2, 0) is 4.43 Å². The molecule has 1 unspecified atom stereocenters. The van der Waals surface area contributed by atoms with E-state index < -0.39 is 9.04 Å². The summed E-state index contributed by atoms with van der Waals surface area (Å²) >= 11 is 11.9. The van der Waals surface area contributed by atoms with Crippen LogP contribution in [0.2, 0.25) is 13.1 Å². The molecule has 0 aromatic heterocycles. The molecular formula is C15H31Cl2OSi. The lowest BCUT2D eigenvalue weighted by atomic mass is 10.1. The van der Waals surface area contributed by atoms with E-state index in [9.17, 15) is 0 Å². The van der Waals surface area contributed by atoms with Gasteiger partial charge in [-0.05, 0) is 19.5 Å². The summed E-state index contributed by atoms with van der Waals surface area (Å²) in [6.45, 7) is 6.52. The van der Waals surface area contributed by atoms with Gasteiger partial charge in [-0.1, -0.05) is 64.7 Å². The zero-order valence-electron chi connectivity index (χ0n) is 12.9. The summed E-state index contributed by atoms with van der Waals surface area (Å²) in [6.07, 6.45) is 13.1. The third kappa shape index (κ3) is 13.5. The Hall–Kier alpha value is 0.757. The molecule has 0 aliphatic carbocycles. The van der Waals surface area contributed by atoms with Crippen molar-refractivity contribution in [3.63, 3.8) is 0 Å². The fourth-order valence-corrected chi connectivity index (χ4v) is 3.58. The molecule has 0 aromatic rings. The van der Waals surface area contributed by atoms with Crippen molar-refractivity contribution >= 4 is 32.2 Å². The molecule has 19 heavy (non-hydrogen) atoms. The number of unbranched alkanes of at least 4 members (excludes halogenated alkanes) is 8. The van der Waals surface area contributed by atoms with Crippen LogP contribution < -0.4 is 0 Å². The number of hydrogen-bond donors (Lipinski definition) is 0. The van der Waals surface area contributed by atoms with Crippen LogP contribution in [-0.4, -0.2) is 20.0 Å². The van der Waals surface area contributed by atoms with E-state index in [-0.39, 0.29) is 10.9 Å². The summed E-state index contributed by atoms with van der Waals surface area (Å²) in [5.41, 5.74) is 0. The number of halogens is 2. The van der Waals surface area contributed by atoms with Gasteiger partial charge in [0, 0.05) is 0 Å². The average Bonchev–Trinajstić information content (AvgIpc) is 2.34. The van der Waals surface area contributed by atoms with E-state index >= 15 is 0 Å². The number of alkyl halides is 2. The minimum absolute atomic E-state index is 0.0387. The predicted molar refractivity (Wildman–Crippen MR) is 89.7 cm³/mol. The van der Waals surface area contributed by atoms with E-state index in [2.05, 4.69) is 20.0 Å². The summed E-state index contributed by atoms with van der Waals surface area (Å²) < 4.78 is 5.82. The molecule has 0 heterocycles. The zero-order chi connectivity index (χ0) is 14.5. The second kappa shape index (κ2) is 13.7. The van der Waals surface area contributed by atoms with Crippen LogP contribution in [0.3, 0.4) is 0 Å². The van der Waals surface area contributed by atoms with Crippen LogP contribution >= 0.6 is 23.2 Å². The van der Waals surface area contributed by atoms with Crippen LogP contribution in [0.15, 0.2) is 0 Å². The van der Waals surface area contributed by atoms with Crippen molar-refractivity contribution < 1.29 is 4.43 Å². The average molecular weight is 326 g/mol. The van der Waals surface area contributed by atoms with Crippen LogP contribution in [0.25, 0.3) is 0 Å². The first kappa shape index (κ1) is 19.8. The minimum atomic E-state index is -0.706. The Morgan fingerprint density at radius 2 is 1.32 bits per heavy atom. The summed E-state index contributed by atoms with van der Waals surface area (Å²) in [7, 11) is -0.706. The minimum Gasteiger partial charge on any atom is -0.412 e. The standard InChI is InChI=1S/C15H31Cl2OSi/c1-4-5-6-7-8-9-10-11-12-13-14(15(16)17)18-19(2)3/h14-15H,4-13H2,1-3H3. The first-order valence-electron chi connectivity index (χ1n) is 7.82. The molecule has 0 aliphatic rings. The number of hydrogen-bond acceptors (Lipinski definition) is 1. The molecular weight excluding hydrogens is 295 g/mol. The van der Waals surface area contributed by atoms with Gasteiger partial charge in [0.1, 0.15) is 4.84 Å². The summed E-state index contributed by atoms with van der Waals surface area (Å²) in [6, 6.07) is 0. The van der Waals surface area contributed by atoms with Crippen molar-refractivity contribution in [1.29, 1.82) is 0 Å². The van der Waals surface area contributed by atoms with Gasteiger partial charge in [0.15, 0.2) is 0 Å². The molecule has 1 atom stereocenters. The maximum absolute atomic E-state index is 5.96. The van der Waals surface area contributed by atoms with Crippen LogP contribution in [0.1, 0.15) is 71.1 Å². The Labute approximate surface area is 132 Å². The summed E-state index contributed by atoms with van der Waals surface area (Å²) in [4.78, 5) is -0.381. The molecule has 4 heteroatoms. The van der Waals surface area contributed by atoms with Gasteiger partial charge in [-0.25, -0.2) is 0 Å². The van der Waals surface area contributed by atoms with Crippen molar-refractivity contribution in [3.8, 4) is 0 Å². The Bertz CT molecular complexity index is 189. The summed E-state index contributed by atoms with van der Waals surface area (Å²) in [5, 5.41) is 0. The second-order valence-corrected chi connectivity index (χ2v) is 8.73. The monoisotopic (exact) mass is 325 g/mol. The van der Waals surface area contributed by atoms with Gasteiger partial charge >= 0.3 is 0 Å². The molecule has 0 saturated carbocycles. The van der Waals surface area contributed by atoms with Gasteiger partial charge in [0.05, 0.1) is 6.10 Å². The smallest absolute Gasteiger partial charge is 0.205 e. The highest BCUT2D eigenvalue weighted by Crippen LogP contribution is 2.19. The van der Waals surface area contributed by atoms with Gasteiger partial charge in [0.25, 0.3) is 0 Å². The molecule has 115 valence electrons. The van der Waals surface area contributed by atoms with Crippen molar-refractivity contribution in [2.45, 2.75) is 95.2 Å². The fourth-order valence-electron chi connectivity index (χ4n) is 2.20. The maximum Gasteiger partial charge on any atom is 0.205 e. The van der Waals surface area contributed by atoms with E-state index in [0.717, 1.165) is 6.42 Å². The molecule has 1 radical (unpaired) electrons. The van der Waals surface area contributed by atoms with E-state index in [0.29, 0.717) is 0 Å². The first-order valence-corrected chi connectivity index (χ1v) is 11.1. The largest absolute Gasteiger partial charge is 0.412 e. The molecule has 0 amide bonds. The predicted octanol–water partition coefficient (Wildman–Crippen LogP) is 6.35. The lowest BCUT2D eigenvalue weighted by Gasteiger charge is -2.20. The van der Waals surface area contributed by atoms with Gasteiger partial charge in [-0.3, -0.25) is 0 Å². The van der Waals surface area contributed by atoms with Crippen LogP contribution in [0, 0.1) is 0 Å². The van der Waals surface area contributed by atoms with Crippen molar-refractivity contribution in [1.82, 2.24) is 0 Å². The van der Waals surface area contributed by atoms with Gasteiger partial charge in [0.2, 0.25) is 9.04 Å². The Balaban J connectivity index is 3.40. The van der Waals surface area contributed by atoms with Crippen LogP contribution in [0.5, 0.6) is 0 Å². The lowest BCUT2D eigenvalue weighted by Crippen LogP contribution is -2.26. The van der Waals surface area contributed by atoms with Crippen molar-refractivity contribution in [2.24, 2.45) is 0 Å². The normalized spacial score (nSPS) is 13.4. The SMILES string of the molecule is CCCCCCCCCCCC(O[Si](C)C)C(Cl)Cl. The first-order chi connectivity index (χ1) is 9.07. The molecule has 0 bridgehead atoms. The molecule has 0 rings (SSSR count). The highest BCUT2D eigenvalue weighted by molar-refractivity contribution is 6.49. The maximum atomic E-state index is 5.96. The zero-order valence-corrected chi connectivity index (χ0v) is 15.4. The third-order valence-corrected chi connectivity index (χ3v) is 4.60. The van der Waals surface area contributed by atoms with E-state index in [1.807, 2.05) is 0 Å². The molecule has 0 saturated heterocycles. The molecule has 0 aromatic carbocycles. The van der Waals surface area contributed by atoms with Crippen molar-refractivity contribution in [2.75, 3.05) is 0 Å². The highest BCUT2D eigenvalue weighted by Gasteiger charge is 2.18. The Morgan fingerprint density at radius 3 is 1.74 bits per heavy atom. The van der Waals surface area contributed by atoms with E-state index in [4.69, 9.17) is 27.6 Å². The van der Waals surface area contributed by atoms with Crippen molar-refractivity contribution in [3.05, 3.63) is 0 Å². The molecule has 0 N–H and O–H groups in total. The Kier molecular flexibility index (Phi) is 14.3. The van der Waals surface area contributed by atoms with Crippen LogP contribution in [0.4, 0.5) is 0 Å². The molecule has 0 fully saturated rings. The van der Waals surface area contributed by atoms with Gasteiger partial charge < -0.3 is 4.43 Å². The van der Waals surface area contributed by atoms with Gasteiger partial charge in [-0.2, -0.15) is 0 Å². The molecule has 0 spiro atoms. The highest BCUT2D eigenvalue weighted by atomic mass is 35.5. The van der Waals surface area contributed by atoms with E-state index in [1.54, 1.807) is 0 Å². The quantitative estimate of drug-likeness (QED) is 0.218. The third-order valence-electron chi connectivity index (χ3n) is 3.26. The molecule has 0 aliphatic heterocycles. The Morgan fingerprint density at radius 1 is 0.842 bits per heavy atom. The topological polar surface area (TPSA) is 9.23 Å². The van der Waals surface area contributed by atoms with E-state index in [1.165, 1.54) is 57.8 Å². The second-order valence-electron chi connectivity index (χ2n) is 5.52. The molecule has 1 nitrogen and oxygen atoms in total. The summed E-state index contributed by atoms with van der Waals surface area (Å²) in [5.74, 6) is 0. The van der Waals surface area contributed by atoms with Gasteiger partial charge in [-0.15, -0.1) is 23.2 Å².